The van der Waals surface area contributed by atoms with E-state index >= 15 is 0 Å². The van der Waals surface area contributed by atoms with Crippen LogP contribution in [0.4, 0.5) is 5.13 Å². The van der Waals surface area contributed by atoms with Crippen LogP contribution in [0.15, 0.2) is 24.3 Å². The number of anilines is 1. The number of ether oxygens (including phenoxy) is 1. The van der Waals surface area contributed by atoms with Gasteiger partial charge in [-0.3, -0.25) is 4.90 Å². The summed E-state index contributed by atoms with van der Waals surface area (Å²) in [4.78, 5) is 9.67. The highest BCUT2D eigenvalue weighted by atomic mass is 32.1. The summed E-state index contributed by atoms with van der Waals surface area (Å²) in [5.74, 6) is 0. The van der Waals surface area contributed by atoms with Gasteiger partial charge in [-0.2, -0.15) is 0 Å². The maximum Gasteiger partial charge on any atom is 0.186 e. The SMILES string of the molecule is COCCCN1CCN(c2nc3ccccc3s2)CC1. The van der Waals surface area contributed by atoms with Crippen LogP contribution in [0.25, 0.3) is 10.2 Å². The molecule has 0 bridgehead atoms. The van der Waals surface area contributed by atoms with Gasteiger partial charge in [0.05, 0.1) is 10.2 Å². The molecule has 5 heteroatoms. The molecule has 0 radical (unpaired) electrons. The van der Waals surface area contributed by atoms with Gasteiger partial charge in [0.15, 0.2) is 5.13 Å². The van der Waals surface area contributed by atoms with E-state index in [0.29, 0.717) is 0 Å². The monoisotopic (exact) mass is 291 g/mol. The summed E-state index contributed by atoms with van der Waals surface area (Å²) in [6.45, 7) is 6.40. The van der Waals surface area contributed by atoms with Gasteiger partial charge in [-0.05, 0) is 18.6 Å². The van der Waals surface area contributed by atoms with Crippen molar-refractivity contribution in [3.8, 4) is 0 Å². The Kier molecular flexibility index (Phi) is 4.50. The van der Waals surface area contributed by atoms with Crippen molar-refractivity contribution in [2.24, 2.45) is 0 Å². The number of hydrogen-bond donors (Lipinski definition) is 0. The lowest BCUT2D eigenvalue weighted by molar-refractivity contribution is 0.169. The molecular weight excluding hydrogens is 270 g/mol. The molecule has 0 amide bonds. The van der Waals surface area contributed by atoms with Crippen LogP contribution in [0.1, 0.15) is 6.42 Å². The van der Waals surface area contributed by atoms with E-state index in [1.165, 1.54) is 9.83 Å². The Morgan fingerprint density at radius 1 is 1.20 bits per heavy atom. The molecule has 1 aliphatic rings. The zero-order valence-corrected chi connectivity index (χ0v) is 12.7. The second kappa shape index (κ2) is 6.52. The lowest BCUT2D eigenvalue weighted by atomic mass is 10.3. The van der Waals surface area contributed by atoms with Crippen molar-refractivity contribution in [1.82, 2.24) is 9.88 Å². The predicted molar refractivity (Wildman–Crippen MR) is 84.8 cm³/mol. The Labute approximate surface area is 124 Å². The molecule has 1 fully saturated rings. The number of para-hydroxylation sites is 1. The number of thiazole rings is 1. The van der Waals surface area contributed by atoms with Crippen molar-refractivity contribution >= 4 is 26.7 Å². The van der Waals surface area contributed by atoms with Crippen LogP contribution >= 0.6 is 11.3 Å². The molecule has 1 saturated heterocycles. The van der Waals surface area contributed by atoms with Crippen LogP contribution in [0.2, 0.25) is 0 Å². The molecule has 0 spiro atoms. The third-order valence-corrected chi connectivity index (χ3v) is 4.85. The van der Waals surface area contributed by atoms with Gasteiger partial charge in [-0.25, -0.2) is 4.98 Å². The van der Waals surface area contributed by atoms with E-state index in [4.69, 9.17) is 9.72 Å². The molecule has 4 nitrogen and oxygen atoms in total. The molecule has 0 unspecified atom stereocenters. The molecule has 1 aromatic heterocycles. The Bertz CT molecular complexity index is 516. The third kappa shape index (κ3) is 3.11. The largest absolute Gasteiger partial charge is 0.385 e. The average Bonchev–Trinajstić information content (AvgIpc) is 2.92. The zero-order chi connectivity index (χ0) is 13.8. The van der Waals surface area contributed by atoms with E-state index in [2.05, 4.69) is 34.1 Å². The highest BCUT2D eigenvalue weighted by molar-refractivity contribution is 7.22. The molecule has 1 aromatic carbocycles. The quantitative estimate of drug-likeness (QED) is 0.791. The highest BCUT2D eigenvalue weighted by Crippen LogP contribution is 2.29. The fraction of sp³-hybridized carbons (Fsp3) is 0.533. The number of aromatic nitrogens is 1. The second-order valence-corrected chi connectivity index (χ2v) is 6.15. The van der Waals surface area contributed by atoms with E-state index in [0.717, 1.165) is 51.3 Å². The molecule has 0 aliphatic carbocycles. The standard InChI is InChI=1S/C15H21N3OS/c1-19-12-4-7-17-8-10-18(11-9-17)15-16-13-5-2-3-6-14(13)20-15/h2-3,5-6H,4,7-12H2,1H3. The van der Waals surface area contributed by atoms with Crippen LogP contribution < -0.4 is 4.90 Å². The maximum absolute atomic E-state index is 5.11. The first-order valence-corrected chi connectivity index (χ1v) is 8.00. The predicted octanol–water partition coefficient (Wildman–Crippen LogP) is 2.45. The smallest absolute Gasteiger partial charge is 0.186 e. The van der Waals surface area contributed by atoms with E-state index in [9.17, 15) is 0 Å². The molecule has 0 atom stereocenters. The molecule has 2 aromatic rings. The van der Waals surface area contributed by atoms with E-state index in [1.807, 2.05) is 0 Å². The first-order chi connectivity index (χ1) is 9.86. The number of piperazine rings is 1. The number of nitrogens with zero attached hydrogens (tertiary/aromatic N) is 3. The Morgan fingerprint density at radius 2 is 2.00 bits per heavy atom. The van der Waals surface area contributed by atoms with Gasteiger partial charge in [0, 0.05) is 46.4 Å². The molecule has 108 valence electrons. The lowest BCUT2D eigenvalue weighted by Crippen LogP contribution is -2.46. The molecule has 3 rings (SSSR count). The van der Waals surface area contributed by atoms with Crippen molar-refractivity contribution in [3.05, 3.63) is 24.3 Å². The Morgan fingerprint density at radius 3 is 2.75 bits per heavy atom. The molecule has 0 N–H and O–H groups in total. The van der Waals surface area contributed by atoms with Crippen molar-refractivity contribution < 1.29 is 4.74 Å². The van der Waals surface area contributed by atoms with Crippen molar-refractivity contribution in [2.75, 3.05) is 51.3 Å². The normalized spacial score (nSPS) is 16.9. The average molecular weight is 291 g/mol. The van der Waals surface area contributed by atoms with Crippen LogP contribution in [0, 0.1) is 0 Å². The van der Waals surface area contributed by atoms with Crippen LogP contribution in [-0.2, 0) is 4.74 Å². The lowest BCUT2D eigenvalue weighted by Gasteiger charge is -2.34. The minimum absolute atomic E-state index is 0.859. The summed E-state index contributed by atoms with van der Waals surface area (Å²) in [5, 5.41) is 1.17. The summed E-state index contributed by atoms with van der Waals surface area (Å²) >= 11 is 1.80. The van der Waals surface area contributed by atoms with Crippen LogP contribution in [0.3, 0.4) is 0 Å². The summed E-state index contributed by atoms with van der Waals surface area (Å²) in [7, 11) is 1.77. The summed E-state index contributed by atoms with van der Waals surface area (Å²) in [5.41, 5.74) is 1.12. The van der Waals surface area contributed by atoms with Crippen LogP contribution in [-0.4, -0.2) is 56.3 Å². The van der Waals surface area contributed by atoms with Gasteiger partial charge >= 0.3 is 0 Å². The molecule has 2 heterocycles. The van der Waals surface area contributed by atoms with Gasteiger partial charge in [0.25, 0.3) is 0 Å². The Balaban J connectivity index is 1.57. The van der Waals surface area contributed by atoms with E-state index in [-0.39, 0.29) is 0 Å². The molecule has 20 heavy (non-hydrogen) atoms. The minimum atomic E-state index is 0.859. The van der Waals surface area contributed by atoms with Crippen molar-refractivity contribution in [3.63, 3.8) is 0 Å². The minimum Gasteiger partial charge on any atom is -0.385 e. The number of rotatable bonds is 5. The first kappa shape index (κ1) is 13.8. The van der Waals surface area contributed by atoms with E-state index < -0.39 is 0 Å². The third-order valence-electron chi connectivity index (χ3n) is 3.75. The molecule has 1 aliphatic heterocycles. The number of benzene rings is 1. The second-order valence-electron chi connectivity index (χ2n) is 5.14. The zero-order valence-electron chi connectivity index (χ0n) is 11.9. The van der Waals surface area contributed by atoms with Gasteiger partial charge in [0.1, 0.15) is 0 Å². The summed E-state index contributed by atoms with van der Waals surface area (Å²) in [6, 6.07) is 8.38. The fourth-order valence-electron chi connectivity index (χ4n) is 2.59. The Hall–Kier alpha value is -1.17. The topological polar surface area (TPSA) is 28.6 Å². The maximum atomic E-state index is 5.11. The number of methoxy groups -OCH3 is 1. The molecular formula is C15H21N3OS. The van der Waals surface area contributed by atoms with Crippen LogP contribution in [0.5, 0.6) is 0 Å². The first-order valence-electron chi connectivity index (χ1n) is 7.18. The van der Waals surface area contributed by atoms with Crippen molar-refractivity contribution in [2.45, 2.75) is 6.42 Å². The number of fused-ring (bicyclic) bond motifs is 1. The van der Waals surface area contributed by atoms with E-state index in [1.54, 1.807) is 18.4 Å². The van der Waals surface area contributed by atoms with Gasteiger partial charge in [-0.1, -0.05) is 23.5 Å². The highest BCUT2D eigenvalue weighted by Gasteiger charge is 2.19. The van der Waals surface area contributed by atoms with Crippen molar-refractivity contribution in [1.29, 1.82) is 0 Å². The van der Waals surface area contributed by atoms with Gasteiger partial charge in [-0.15, -0.1) is 0 Å². The van der Waals surface area contributed by atoms with Gasteiger partial charge in [0.2, 0.25) is 0 Å². The molecule has 0 saturated carbocycles. The number of hydrogen-bond acceptors (Lipinski definition) is 5. The summed E-state index contributed by atoms with van der Waals surface area (Å²) in [6.07, 6.45) is 1.12. The van der Waals surface area contributed by atoms with Gasteiger partial charge < -0.3 is 9.64 Å². The summed E-state index contributed by atoms with van der Waals surface area (Å²) < 4.78 is 6.39. The fourth-order valence-corrected chi connectivity index (χ4v) is 3.61.